The Labute approximate surface area is 165 Å². The fourth-order valence-corrected chi connectivity index (χ4v) is 3.06. The van der Waals surface area contributed by atoms with Crippen LogP contribution >= 0.6 is 23.4 Å². The predicted molar refractivity (Wildman–Crippen MR) is 106 cm³/mol. The smallest absolute Gasteiger partial charge is 0.269 e. The van der Waals surface area contributed by atoms with E-state index >= 15 is 0 Å². The van der Waals surface area contributed by atoms with Crippen molar-refractivity contribution >= 4 is 35.2 Å². The van der Waals surface area contributed by atoms with Gasteiger partial charge in [-0.05, 0) is 61.0 Å². The van der Waals surface area contributed by atoms with Crippen LogP contribution in [-0.4, -0.2) is 27.3 Å². The minimum atomic E-state index is -0.386. The summed E-state index contributed by atoms with van der Waals surface area (Å²) in [7, 11) is 0. The van der Waals surface area contributed by atoms with Crippen LogP contribution in [0.25, 0.3) is 5.69 Å². The number of hydrogen-bond acceptors (Lipinski definition) is 4. The number of nitrogens with one attached hydrogen (secondary N) is 2. The Kier molecular flexibility index (Phi) is 6.16. The lowest BCUT2D eigenvalue weighted by Crippen LogP contribution is -2.42. The Balaban J connectivity index is 1.48. The van der Waals surface area contributed by atoms with Gasteiger partial charge in [0.15, 0.2) is 0 Å². The normalized spacial score (nSPS) is 10.4. The molecule has 0 radical (unpaired) electrons. The van der Waals surface area contributed by atoms with E-state index < -0.39 is 0 Å². The van der Waals surface area contributed by atoms with E-state index in [0.717, 1.165) is 16.1 Å². The number of hydrazine groups is 1. The van der Waals surface area contributed by atoms with Gasteiger partial charge in [0.1, 0.15) is 0 Å². The molecule has 2 amide bonds. The summed E-state index contributed by atoms with van der Waals surface area (Å²) in [6.07, 6.45) is 3.66. The lowest BCUT2D eigenvalue weighted by molar-refractivity contribution is -0.119. The molecule has 0 bridgehead atoms. The minimum absolute atomic E-state index is 0.180. The van der Waals surface area contributed by atoms with Crippen molar-refractivity contribution in [2.24, 2.45) is 0 Å². The average molecular weight is 401 g/mol. The molecule has 0 saturated carbocycles. The largest absolute Gasteiger partial charge is 0.272 e. The summed E-state index contributed by atoms with van der Waals surface area (Å²) in [4.78, 5) is 24.9. The van der Waals surface area contributed by atoms with Crippen LogP contribution in [-0.2, 0) is 4.79 Å². The van der Waals surface area contributed by atoms with E-state index in [4.69, 9.17) is 11.6 Å². The number of carbonyl (C=O) groups is 2. The second-order valence-electron chi connectivity index (χ2n) is 5.75. The van der Waals surface area contributed by atoms with Crippen LogP contribution in [0.15, 0.2) is 65.8 Å². The van der Waals surface area contributed by atoms with E-state index in [0.29, 0.717) is 10.6 Å². The Hall–Kier alpha value is -2.77. The summed E-state index contributed by atoms with van der Waals surface area (Å²) in [5, 5.41) is 4.86. The third-order valence-corrected chi connectivity index (χ3v) is 4.87. The average Bonchev–Trinajstić information content (AvgIpc) is 3.12. The molecule has 0 spiro atoms. The van der Waals surface area contributed by atoms with Gasteiger partial charge in [-0.1, -0.05) is 11.6 Å². The van der Waals surface area contributed by atoms with Gasteiger partial charge < -0.3 is 0 Å². The van der Waals surface area contributed by atoms with Gasteiger partial charge in [0.25, 0.3) is 5.91 Å². The van der Waals surface area contributed by atoms with Gasteiger partial charge in [-0.2, -0.15) is 5.10 Å². The predicted octanol–water partition coefficient (Wildman–Crippen LogP) is 3.39. The van der Waals surface area contributed by atoms with Crippen LogP contribution in [0.5, 0.6) is 0 Å². The summed E-state index contributed by atoms with van der Waals surface area (Å²) in [6, 6.07) is 14.1. The van der Waals surface area contributed by atoms with Gasteiger partial charge >= 0.3 is 0 Å². The van der Waals surface area contributed by atoms with Crippen molar-refractivity contribution in [3.05, 3.63) is 77.1 Å². The third-order valence-electron chi connectivity index (χ3n) is 3.60. The lowest BCUT2D eigenvalue weighted by atomic mass is 10.2. The maximum Gasteiger partial charge on any atom is 0.269 e. The van der Waals surface area contributed by atoms with Crippen molar-refractivity contribution < 1.29 is 9.59 Å². The van der Waals surface area contributed by atoms with Crippen molar-refractivity contribution in [1.29, 1.82) is 0 Å². The monoisotopic (exact) mass is 400 g/mol. The summed E-state index contributed by atoms with van der Waals surface area (Å²) in [5.74, 6) is -0.505. The molecule has 6 nitrogen and oxygen atoms in total. The highest BCUT2D eigenvalue weighted by atomic mass is 35.5. The topological polar surface area (TPSA) is 76.0 Å². The zero-order valence-electron chi connectivity index (χ0n) is 14.5. The molecule has 0 aliphatic carbocycles. The van der Waals surface area contributed by atoms with Crippen LogP contribution < -0.4 is 10.9 Å². The first-order valence-corrected chi connectivity index (χ1v) is 9.47. The summed E-state index contributed by atoms with van der Waals surface area (Å²) in [6.45, 7) is 1.96. The molecule has 0 aliphatic heterocycles. The molecule has 0 aliphatic rings. The molecule has 3 rings (SSSR count). The van der Waals surface area contributed by atoms with Crippen LogP contribution in [0.2, 0.25) is 5.02 Å². The Morgan fingerprint density at radius 2 is 1.78 bits per heavy atom. The number of aromatic nitrogens is 2. The van der Waals surface area contributed by atoms with E-state index in [1.165, 1.54) is 11.8 Å². The maximum absolute atomic E-state index is 12.1. The molecule has 0 atom stereocenters. The first kappa shape index (κ1) is 19.0. The van der Waals surface area contributed by atoms with E-state index in [1.54, 1.807) is 47.3 Å². The molecule has 0 saturated heterocycles. The van der Waals surface area contributed by atoms with Crippen LogP contribution in [0, 0.1) is 6.92 Å². The van der Waals surface area contributed by atoms with Gasteiger partial charge in [0.2, 0.25) is 5.91 Å². The van der Waals surface area contributed by atoms with Crippen LogP contribution in [0.1, 0.15) is 15.9 Å². The molecular weight excluding hydrogens is 384 g/mol. The molecular formula is C19H17ClN4O2S. The number of carbonyl (C=O) groups excluding carboxylic acids is 2. The fraction of sp³-hybridized carbons (Fsp3) is 0.105. The molecule has 2 aromatic carbocycles. The van der Waals surface area contributed by atoms with E-state index in [2.05, 4.69) is 16.0 Å². The summed E-state index contributed by atoms with van der Waals surface area (Å²) < 4.78 is 1.73. The number of aryl methyl sites for hydroxylation is 1. The Bertz CT molecular complexity index is 939. The highest BCUT2D eigenvalue weighted by Gasteiger charge is 2.08. The van der Waals surface area contributed by atoms with Gasteiger partial charge in [-0.15, -0.1) is 11.8 Å². The third kappa shape index (κ3) is 5.35. The zero-order chi connectivity index (χ0) is 19.2. The molecule has 1 heterocycles. The molecule has 27 heavy (non-hydrogen) atoms. The van der Waals surface area contributed by atoms with Crippen molar-refractivity contribution in [1.82, 2.24) is 20.6 Å². The Morgan fingerprint density at radius 3 is 2.41 bits per heavy atom. The first-order valence-electron chi connectivity index (χ1n) is 8.10. The maximum atomic E-state index is 12.1. The summed E-state index contributed by atoms with van der Waals surface area (Å²) in [5.41, 5.74) is 7.16. The zero-order valence-corrected chi connectivity index (χ0v) is 16.1. The van der Waals surface area contributed by atoms with E-state index in [9.17, 15) is 9.59 Å². The Morgan fingerprint density at radius 1 is 1.07 bits per heavy atom. The number of nitrogens with zero attached hydrogens (tertiary/aromatic N) is 2. The molecule has 3 aromatic rings. The number of benzene rings is 2. The number of halogens is 1. The van der Waals surface area contributed by atoms with Crippen molar-refractivity contribution in [2.75, 3.05) is 5.75 Å². The van der Waals surface area contributed by atoms with Crippen molar-refractivity contribution in [2.45, 2.75) is 11.8 Å². The first-order chi connectivity index (χ1) is 13.0. The fourth-order valence-electron chi connectivity index (χ4n) is 2.23. The van der Waals surface area contributed by atoms with Gasteiger partial charge in [0, 0.05) is 21.7 Å². The van der Waals surface area contributed by atoms with E-state index in [1.807, 2.05) is 25.3 Å². The highest BCUT2D eigenvalue weighted by Crippen LogP contribution is 2.19. The molecule has 0 fully saturated rings. The van der Waals surface area contributed by atoms with Gasteiger partial charge in [0.05, 0.1) is 17.6 Å². The van der Waals surface area contributed by atoms with E-state index in [-0.39, 0.29) is 17.6 Å². The standard InChI is InChI=1S/C19H17ClN4O2S/c1-13-10-21-24(11-13)16-6-2-14(3-7-16)19(26)23-22-18(25)12-27-17-8-4-15(20)5-9-17/h2-11H,12H2,1H3,(H,22,25)(H,23,26). The molecule has 0 unspecified atom stereocenters. The number of amides is 2. The van der Waals surface area contributed by atoms with Gasteiger partial charge in [-0.3, -0.25) is 20.4 Å². The quantitative estimate of drug-likeness (QED) is 0.508. The molecule has 1 aromatic heterocycles. The molecule has 2 N–H and O–H groups in total. The molecule has 8 heteroatoms. The van der Waals surface area contributed by atoms with Crippen molar-refractivity contribution in [3.8, 4) is 5.69 Å². The number of hydrogen-bond donors (Lipinski definition) is 2. The number of thioether (sulfide) groups is 1. The van der Waals surface area contributed by atoms with Crippen molar-refractivity contribution in [3.63, 3.8) is 0 Å². The number of rotatable bonds is 5. The second kappa shape index (κ2) is 8.75. The summed E-state index contributed by atoms with van der Waals surface area (Å²) >= 11 is 7.18. The SMILES string of the molecule is Cc1cnn(-c2ccc(C(=O)NNC(=O)CSc3ccc(Cl)cc3)cc2)c1. The van der Waals surface area contributed by atoms with Crippen LogP contribution in [0.4, 0.5) is 0 Å². The molecule has 138 valence electrons. The highest BCUT2D eigenvalue weighted by molar-refractivity contribution is 8.00. The minimum Gasteiger partial charge on any atom is -0.272 e. The van der Waals surface area contributed by atoms with Gasteiger partial charge in [-0.25, -0.2) is 4.68 Å². The second-order valence-corrected chi connectivity index (χ2v) is 7.24. The lowest BCUT2D eigenvalue weighted by Gasteiger charge is -2.08. The van der Waals surface area contributed by atoms with Crippen LogP contribution in [0.3, 0.4) is 0 Å².